The Morgan fingerprint density at radius 2 is 1.89 bits per heavy atom. The number of benzene rings is 2. The molecule has 0 aromatic heterocycles. The van der Waals surface area contributed by atoms with E-state index in [1.165, 1.54) is 5.56 Å². The smallest absolute Gasteiger partial charge is 0.224 e. The summed E-state index contributed by atoms with van der Waals surface area (Å²) in [5.74, 6) is 0.565. The van der Waals surface area contributed by atoms with Gasteiger partial charge in [-0.15, -0.1) is 0 Å². The van der Waals surface area contributed by atoms with E-state index in [0.29, 0.717) is 38.9 Å². The Bertz CT molecular complexity index is 765. The molecule has 27 heavy (non-hydrogen) atoms. The second-order valence-electron chi connectivity index (χ2n) is 6.79. The Morgan fingerprint density at radius 3 is 2.70 bits per heavy atom. The van der Waals surface area contributed by atoms with Gasteiger partial charge in [0.15, 0.2) is 0 Å². The highest BCUT2D eigenvalue weighted by atomic mass is 79.9. The molecule has 2 unspecified atom stereocenters. The highest BCUT2D eigenvalue weighted by Crippen LogP contribution is 2.47. The second-order valence-corrected chi connectivity index (χ2v) is 7.71. The third kappa shape index (κ3) is 6.16. The molecule has 1 amide bonds. The number of hydrogen-bond donors (Lipinski definition) is 1. The van der Waals surface area contributed by atoms with E-state index in [9.17, 15) is 4.79 Å². The first kappa shape index (κ1) is 20.1. The Balaban J connectivity index is 1.43. The van der Waals surface area contributed by atoms with Crippen molar-refractivity contribution in [2.24, 2.45) is 5.92 Å². The van der Waals surface area contributed by atoms with Crippen LogP contribution in [0.15, 0.2) is 53.0 Å². The number of carbonyl (C=O) groups excluding carboxylic acids is 1. The molecule has 1 fully saturated rings. The summed E-state index contributed by atoms with van der Waals surface area (Å²) in [7, 11) is 0. The lowest BCUT2D eigenvalue weighted by Gasteiger charge is -2.08. The zero-order chi connectivity index (χ0) is 19.1. The van der Waals surface area contributed by atoms with Crippen molar-refractivity contribution < 1.29 is 14.3 Å². The van der Waals surface area contributed by atoms with Gasteiger partial charge in [-0.1, -0.05) is 52.3 Å². The molecule has 0 spiro atoms. The van der Waals surface area contributed by atoms with Crippen molar-refractivity contribution in [2.45, 2.75) is 32.4 Å². The van der Waals surface area contributed by atoms with Gasteiger partial charge in [-0.05, 0) is 48.1 Å². The van der Waals surface area contributed by atoms with E-state index in [1.807, 2.05) is 37.3 Å². The highest BCUT2D eigenvalue weighted by molar-refractivity contribution is 9.10. The summed E-state index contributed by atoms with van der Waals surface area (Å²) in [5, 5.41) is 3.07. The second kappa shape index (κ2) is 10.0. The predicted octanol–water partition coefficient (Wildman–Crippen LogP) is 4.42. The van der Waals surface area contributed by atoms with Crippen molar-refractivity contribution in [1.29, 1.82) is 0 Å². The minimum Gasteiger partial charge on any atom is -0.379 e. The lowest BCUT2D eigenvalue weighted by Crippen LogP contribution is -2.24. The van der Waals surface area contributed by atoms with Crippen LogP contribution < -0.4 is 5.32 Å². The molecule has 3 rings (SSSR count). The molecule has 1 aliphatic rings. The summed E-state index contributed by atoms with van der Waals surface area (Å²) in [6.45, 7) is 5.00. The van der Waals surface area contributed by atoms with E-state index >= 15 is 0 Å². The maximum Gasteiger partial charge on any atom is 0.224 e. The molecule has 2 aromatic carbocycles. The van der Waals surface area contributed by atoms with E-state index < -0.39 is 0 Å². The van der Waals surface area contributed by atoms with Gasteiger partial charge in [0.25, 0.3) is 0 Å². The van der Waals surface area contributed by atoms with Crippen LogP contribution in [-0.4, -0.2) is 25.7 Å². The SMILES string of the molecule is CCOCCOCc1cccc(CNC(=O)C2CC2c2cccc(Br)c2)c1. The quantitative estimate of drug-likeness (QED) is 0.566. The number of hydrogen-bond acceptors (Lipinski definition) is 3. The molecule has 0 heterocycles. The van der Waals surface area contributed by atoms with Crippen LogP contribution >= 0.6 is 15.9 Å². The normalized spacial score (nSPS) is 18.3. The molecule has 1 N–H and O–H groups in total. The monoisotopic (exact) mass is 431 g/mol. The highest BCUT2D eigenvalue weighted by Gasteiger charge is 2.43. The Kier molecular flexibility index (Phi) is 7.44. The molecular weight excluding hydrogens is 406 g/mol. The van der Waals surface area contributed by atoms with Crippen LogP contribution in [-0.2, 0) is 27.4 Å². The molecule has 0 saturated heterocycles. The zero-order valence-electron chi connectivity index (χ0n) is 15.6. The van der Waals surface area contributed by atoms with Crippen LogP contribution in [0.3, 0.4) is 0 Å². The van der Waals surface area contributed by atoms with Crippen molar-refractivity contribution in [2.75, 3.05) is 19.8 Å². The van der Waals surface area contributed by atoms with Crippen LogP contribution in [0.25, 0.3) is 0 Å². The molecule has 2 aromatic rings. The number of halogens is 1. The van der Waals surface area contributed by atoms with Crippen molar-refractivity contribution >= 4 is 21.8 Å². The van der Waals surface area contributed by atoms with Crippen molar-refractivity contribution in [3.05, 3.63) is 69.7 Å². The van der Waals surface area contributed by atoms with Crippen LogP contribution in [0.1, 0.15) is 36.0 Å². The molecule has 4 nitrogen and oxygen atoms in total. The predicted molar refractivity (Wildman–Crippen MR) is 109 cm³/mol. The third-order valence-corrected chi connectivity index (χ3v) is 5.20. The van der Waals surface area contributed by atoms with Gasteiger partial charge in [-0.2, -0.15) is 0 Å². The van der Waals surface area contributed by atoms with E-state index in [-0.39, 0.29) is 11.8 Å². The van der Waals surface area contributed by atoms with Crippen LogP contribution in [0, 0.1) is 5.92 Å². The molecular formula is C22H26BrNO3. The van der Waals surface area contributed by atoms with E-state index in [2.05, 4.69) is 39.4 Å². The molecule has 5 heteroatoms. The summed E-state index contributed by atoms with van der Waals surface area (Å²) in [4.78, 5) is 12.4. The molecule has 1 saturated carbocycles. The van der Waals surface area contributed by atoms with E-state index in [1.54, 1.807) is 0 Å². The van der Waals surface area contributed by atoms with Gasteiger partial charge in [0.05, 0.1) is 19.8 Å². The molecule has 1 aliphatic carbocycles. The third-order valence-electron chi connectivity index (χ3n) is 4.71. The lowest BCUT2D eigenvalue weighted by molar-refractivity contribution is -0.122. The van der Waals surface area contributed by atoms with Gasteiger partial charge in [0.1, 0.15) is 0 Å². The van der Waals surface area contributed by atoms with Crippen LogP contribution in [0.2, 0.25) is 0 Å². The molecule has 2 atom stereocenters. The lowest BCUT2D eigenvalue weighted by atomic mass is 10.1. The van der Waals surface area contributed by atoms with Crippen LogP contribution in [0.5, 0.6) is 0 Å². The van der Waals surface area contributed by atoms with E-state index in [4.69, 9.17) is 9.47 Å². The summed E-state index contributed by atoms with van der Waals surface area (Å²) in [5.41, 5.74) is 3.43. The summed E-state index contributed by atoms with van der Waals surface area (Å²) in [6.07, 6.45) is 0.927. The fourth-order valence-electron chi connectivity index (χ4n) is 3.19. The van der Waals surface area contributed by atoms with Gasteiger partial charge < -0.3 is 14.8 Å². The number of carbonyl (C=O) groups is 1. The fourth-order valence-corrected chi connectivity index (χ4v) is 3.61. The summed E-state index contributed by atoms with van der Waals surface area (Å²) >= 11 is 3.50. The number of ether oxygens (including phenoxy) is 2. The van der Waals surface area contributed by atoms with Gasteiger partial charge in [-0.25, -0.2) is 0 Å². The van der Waals surface area contributed by atoms with Crippen molar-refractivity contribution in [1.82, 2.24) is 5.32 Å². The number of amides is 1. The zero-order valence-corrected chi connectivity index (χ0v) is 17.2. The Morgan fingerprint density at radius 1 is 1.11 bits per heavy atom. The summed E-state index contributed by atoms with van der Waals surface area (Å²) < 4.78 is 11.9. The first-order chi connectivity index (χ1) is 13.2. The Hall–Kier alpha value is -1.69. The number of rotatable bonds is 10. The largest absolute Gasteiger partial charge is 0.379 e. The first-order valence-corrected chi connectivity index (χ1v) is 10.2. The molecule has 0 aliphatic heterocycles. The maximum absolute atomic E-state index is 12.4. The first-order valence-electron chi connectivity index (χ1n) is 9.44. The number of nitrogens with one attached hydrogen (secondary N) is 1. The van der Waals surface area contributed by atoms with Crippen molar-refractivity contribution in [3.63, 3.8) is 0 Å². The van der Waals surface area contributed by atoms with E-state index in [0.717, 1.165) is 22.0 Å². The van der Waals surface area contributed by atoms with Gasteiger partial charge in [-0.3, -0.25) is 4.79 Å². The standard InChI is InChI=1S/C22H26BrNO3/c1-2-26-9-10-27-15-17-6-3-5-16(11-17)14-24-22(25)21-13-20(21)18-7-4-8-19(23)12-18/h3-8,11-12,20-21H,2,9-10,13-15H2,1H3,(H,24,25). The molecule has 0 radical (unpaired) electrons. The molecule has 144 valence electrons. The minimum absolute atomic E-state index is 0.0874. The van der Waals surface area contributed by atoms with Crippen molar-refractivity contribution in [3.8, 4) is 0 Å². The summed E-state index contributed by atoms with van der Waals surface area (Å²) in [6, 6.07) is 16.4. The van der Waals surface area contributed by atoms with Gasteiger partial charge in [0, 0.05) is 23.5 Å². The average Bonchev–Trinajstić information content (AvgIpc) is 3.47. The minimum atomic E-state index is 0.0874. The van der Waals surface area contributed by atoms with Gasteiger partial charge >= 0.3 is 0 Å². The average molecular weight is 432 g/mol. The topological polar surface area (TPSA) is 47.6 Å². The Labute approximate surface area is 169 Å². The fraction of sp³-hybridized carbons (Fsp3) is 0.409. The van der Waals surface area contributed by atoms with Gasteiger partial charge in [0.2, 0.25) is 5.91 Å². The molecule has 0 bridgehead atoms. The maximum atomic E-state index is 12.4. The van der Waals surface area contributed by atoms with Crippen LogP contribution in [0.4, 0.5) is 0 Å².